The van der Waals surface area contributed by atoms with Gasteiger partial charge in [-0.2, -0.15) is 0 Å². The van der Waals surface area contributed by atoms with Crippen molar-refractivity contribution in [2.75, 3.05) is 0 Å². The maximum atomic E-state index is 4.13. The molecule has 0 amide bonds. The summed E-state index contributed by atoms with van der Waals surface area (Å²) in [5.41, 5.74) is 1.29. The number of aromatic nitrogens is 2. The summed E-state index contributed by atoms with van der Waals surface area (Å²) in [5.74, 6) is 0.843. The topological polar surface area (TPSA) is 28.7 Å². The van der Waals surface area contributed by atoms with E-state index in [4.69, 9.17) is 0 Å². The van der Waals surface area contributed by atoms with E-state index < -0.39 is 0 Å². The zero-order valence-electron chi connectivity index (χ0n) is 7.31. The highest BCUT2D eigenvalue weighted by Crippen LogP contribution is 2.19. The lowest BCUT2D eigenvalue weighted by molar-refractivity contribution is 0.572. The molecule has 0 radical (unpaired) electrons. The van der Waals surface area contributed by atoms with Gasteiger partial charge in [0.15, 0.2) is 0 Å². The van der Waals surface area contributed by atoms with Gasteiger partial charge in [0, 0.05) is 17.3 Å². The Labute approximate surface area is 67.4 Å². The fourth-order valence-electron chi connectivity index (χ4n) is 0.822. The minimum atomic E-state index is 0.147. The highest BCUT2D eigenvalue weighted by atomic mass is 14.9. The largest absolute Gasteiger partial charge is 0.342 e. The van der Waals surface area contributed by atoms with Crippen molar-refractivity contribution in [3.8, 4) is 0 Å². The van der Waals surface area contributed by atoms with Gasteiger partial charge in [-0.25, -0.2) is 4.98 Å². The van der Waals surface area contributed by atoms with E-state index in [1.54, 1.807) is 6.08 Å². The van der Waals surface area contributed by atoms with Crippen LogP contribution in [0, 0.1) is 0 Å². The van der Waals surface area contributed by atoms with E-state index in [9.17, 15) is 0 Å². The molecule has 2 nitrogen and oxygen atoms in total. The number of H-pyrrole nitrogens is 1. The molecule has 0 spiro atoms. The monoisotopic (exact) mass is 150 g/mol. The third kappa shape index (κ3) is 1.70. The Morgan fingerprint density at radius 2 is 2.18 bits per heavy atom. The van der Waals surface area contributed by atoms with Crippen molar-refractivity contribution in [2.24, 2.45) is 0 Å². The molecule has 0 aliphatic carbocycles. The third-order valence-corrected chi connectivity index (χ3v) is 1.60. The van der Waals surface area contributed by atoms with Gasteiger partial charge >= 0.3 is 0 Å². The molecular formula is C9H14N2. The average molecular weight is 150 g/mol. The Morgan fingerprint density at radius 1 is 1.55 bits per heavy atom. The van der Waals surface area contributed by atoms with Crippen molar-refractivity contribution in [3.63, 3.8) is 0 Å². The molecular weight excluding hydrogens is 136 g/mol. The number of rotatable bonds is 1. The molecule has 0 aromatic carbocycles. The molecule has 60 valence electrons. The van der Waals surface area contributed by atoms with Crippen LogP contribution in [0.3, 0.4) is 0 Å². The first kappa shape index (κ1) is 8.05. The van der Waals surface area contributed by atoms with E-state index in [0.29, 0.717) is 0 Å². The van der Waals surface area contributed by atoms with E-state index in [1.165, 1.54) is 0 Å². The fraction of sp³-hybridized carbons (Fsp3) is 0.444. The molecule has 0 saturated heterocycles. The fourth-order valence-corrected chi connectivity index (χ4v) is 0.822. The first-order chi connectivity index (χ1) is 5.04. The van der Waals surface area contributed by atoms with Crippen LogP contribution in [0.1, 0.15) is 32.3 Å². The summed E-state index contributed by atoms with van der Waals surface area (Å²) in [7, 11) is 0. The summed E-state index contributed by atoms with van der Waals surface area (Å²) in [6.45, 7) is 10.1. The molecule has 1 aromatic heterocycles. The minimum absolute atomic E-state index is 0.147. The molecule has 1 aromatic rings. The smallest absolute Gasteiger partial charge is 0.129 e. The van der Waals surface area contributed by atoms with Crippen LogP contribution in [0.5, 0.6) is 0 Å². The number of hydrogen-bond donors (Lipinski definition) is 1. The standard InChI is InChI=1S/C9H14N2/c1-5-8-10-6-7(11-8)9(2,3)4/h5-6H,1H2,2-4H3,(H,10,11). The zero-order valence-corrected chi connectivity index (χ0v) is 7.31. The van der Waals surface area contributed by atoms with Gasteiger partial charge in [0.2, 0.25) is 0 Å². The van der Waals surface area contributed by atoms with Crippen LogP contribution in [0.2, 0.25) is 0 Å². The maximum absolute atomic E-state index is 4.13. The molecule has 0 aliphatic rings. The normalized spacial score (nSPS) is 11.5. The van der Waals surface area contributed by atoms with Crippen molar-refractivity contribution in [3.05, 3.63) is 24.3 Å². The van der Waals surface area contributed by atoms with Crippen molar-refractivity contribution < 1.29 is 0 Å². The van der Waals surface area contributed by atoms with Crippen LogP contribution in [0.4, 0.5) is 0 Å². The van der Waals surface area contributed by atoms with Crippen LogP contribution in [-0.2, 0) is 5.41 Å². The van der Waals surface area contributed by atoms with Gasteiger partial charge in [-0.15, -0.1) is 0 Å². The molecule has 2 heteroatoms. The summed E-state index contributed by atoms with van der Waals surface area (Å²) in [4.78, 5) is 7.30. The number of imidazole rings is 1. The highest BCUT2D eigenvalue weighted by Gasteiger charge is 2.15. The molecule has 0 atom stereocenters. The van der Waals surface area contributed by atoms with Gasteiger partial charge in [0.05, 0.1) is 0 Å². The Balaban J connectivity index is 2.98. The summed E-state index contributed by atoms with van der Waals surface area (Å²) in [5, 5.41) is 0. The second-order valence-electron chi connectivity index (χ2n) is 3.64. The van der Waals surface area contributed by atoms with E-state index >= 15 is 0 Å². The SMILES string of the molecule is C=Cc1ncc(C(C)(C)C)[nH]1. The summed E-state index contributed by atoms with van der Waals surface area (Å²) in [6, 6.07) is 0. The lowest BCUT2D eigenvalue weighted by atomic mass is 9.93. The second kappa shape index (κ2) is 2.53. The first-order valence-electron chi connectivity index (χ1n) is 3.72. The molecule has 1 rings (SSSR count). The Hall–Kier alpha value is -1.05. The van der Waals surface area contributed by atoms with E-state index in [0.717, 1.165) is 11.5 Å². The number of hydrogen-bond acceptors (Lipinski definition) is 1. The predicted molar refractivity (Wildman–Crippen MR) is 47.4 cm³/mol. The van der Waals surface area contributed by atoms with E-state index in [-0.39, 0.29) is 5.41 Å². The average Bonchev–Trinajstić information content (AvgIpc) is 2.32. The van der Waals surface area contributed by atoms with Crippen LogP contribution in [0.15, 0.2) is 12.8 Å². The van der Waals surface area contributed by atoms with Crippen molar-refractivity contribution in [1.29, 1.82) is 0 Å². The molecule has 1 heterocycles. The molecule has 1 N–H and O–H groups in total. The maximum Gasteiger partial charge on any atom is 0.129 e. The number of aromatic amines is 1. The number of nitrogens with zero attached hydrogens (tertiary/aromatic N) is 1. The van der Waals surface area contributed by atoms with E-state index in [2.05, 4.69) is 37.3 Å². The lowest BCUT2D eigenvalue weighted by Crippen LogP contribution is -2.11. The third-order valence-electron chi connectivity index (χ3n) is 1.60. The highest BCUT2D eigenvalue weighted by molar-refractivity contribution is 5.37. The second-order valence-corrected chi connectivity index (χ2v) is 3.64. The van der Waals surface area contributed by atoms with Gasteiger partial charge in [-0.05, 0) is 6.08 Å². The molecule has 11 heavy (non-hydrogen) atoms. The van der Waals surface area contributed by atoms with Gasteiger partial charge in [0.25, 0.3) is 0 Å². The Kier molecular flexibility index (Phi) is 1.85. The van der Waals surface area contributed by atoms with Crippen molar-refractivity contribution in [2.45, 2.75) is 26.2 Å². The van der Waals surface area contributed by atoms with E-state index in [1.807, 2.05) is 6.20 Å². The molecule has 0 bridgehead atoms. The van der Waals surface area contributed by atoms with Crippen LogP contribution < -0.4 is 0 Å². The van der Waals surface area contributed by atoms with Gasteiger partial charge < -0.3 is 4.98 Å². The lowest BCUT2D eigenvalue weighted by Gasteiger charge is -2.14. The molecule has 0 aliphatic heterocycles. The molecule has 0 fully saturated rings. The van der Waals surface area contributed by atoms with Crippen molar-refractivity contribution in [1.82, 2.24) is 9.97 Å². The number of nitrogens with one attached hydrogen (secondary N) is 1. The van der Waals surface area contributed by atoms with Gasteiger partial charge in [-0.1, -0.05) is 27.4 Å². The summed E-state index contributed by atoms with van der Waals surface area (Å²) >= 11 is 0. The summed E-state index contributed by atoms with van der Waals surface area (Å²) in [6.07, 6.45) is 3.58. The Morgan fingerprint density at radius 3 is 2.45 bits per heavy atom. The van der Waals surface area contributed by atoms with Gasteiger partial charge in [-0.3, -0.25) is 0 Å². The zero-order chi connectivity index (χ0) is 8.48. The quantitative estimate of drug-likeness (QED) is 0.654. The molecule has 0 unspecified atom stereocenters. The van der Waals surface area contributed by atoms with Crippen molar-refractivity contribution >= 4 is 6.08 Å². The predicted octanol–water partition coefficient (Wildman–Crippen LogP) is 2.35. The molecule has 0 saturated carbocycles. The summed E-state index contributed by atoms with van der Waals surface area (Å²) < 4.78 is 0. The minimum Gasteiger partial charge on any atom is -0.342 e. The van der Waals surface area contributed by atoms with Crippen LogP contribution in [0.25, 0.3) is 6.08 Å². The van der Waals surface area contributed by atoms with Gasteiger partial charge in [0.1, 0.15) is 5.82 Å². The van der Waals surface area contributed by atoms with Crippen LogP contribution in [-0.4, -0.2) is 9.97 Å². The Bertz CT molecular complexity index is 253. The van der Waals surface area contributed by atoms with Crippen LogP contribution >= 0.6 is 0 Å². The first-order valence-corrected chi connectivity index (χ1v) is 3.72.